The van der Waals surface area contributed by atoms with E-state index >= 15 is 0 Å². The van der Waals surface area contributed by atoms with Gasteiger partial charge in [-0.1, -0.05) is 0 Å². The van der Waals surface area contributed by atoms with Crippen molar-refractivity contribution in [2.24, 2.45) is 7.05 Å². The first-order valence-corrected chi connectivity index (χ1v) is 9.53. The monoisotopic (exact) mass is 370 g/mol. The fourth-order valence-electron chi connectivity index (χ4n) is 3.86. The number of amides is 1. The molecule has 2 fully saturated rings. The van der Waals surface area contributed by atoms with Crippen molar-refractivity contribution in [2.45, 2.75) is 32.8 Å². The van der Waals surface area contributed by atoms with Crippen molar-refractivity contribution >= 4 is 11.9 Å². The predicted octanol–water partition coefficient (Wildman–Crippen LogP) is 1.64. The minimum atomic E-state index is -0.232. The Morgan fingerprint density at radius 1 is 1.22 bits per heavy atom. The minimum absolute atomic E-state index is 0.0141. The average molecular weight is 370 g/mol. The number of carbonyl (C=O) groups is 1. The van der Waals surface area contributed by atoms with Gasteiger partial charge in [0.15, 0.2) is 0 Å². The van der Waals surface area contributed by atoms with Gasteiger partial charge in [-0.15, -0.1) is 0 Å². The standard InChI is InChI=1S/C19H26N6O2/c1-13-17(14(2)23(3)22-13)18(26)25-10-11-27-16(12-25)15-6-7-20-19(21-15)24-8-4-5-9-24/h6-7,16H,4-5,8-12H2,1-3H3. The van der Waals surface area contributed by atoms with Gasteiger partial charge in [0.2, 0.25) is 5.95 Å². The van der Waals surface area contributed by atoms with Gasteiger partial charge in [0.1, 0.15) is 6.10 Å². The molecular formula is C19H26N6O2. The summed E-state index contributed by atoms with van der Waals surface area (Å²) in [6, 6.07) is 1.89. The molecule has 0 radical (unpaired) electrons. The van der Waals surface area contributed by atoms with E-state index in [2.05, 4.69) is 15.0 Å². The summed E-state index contributed by atoms with van der Waals surface area (Å²) in [5.41, 5.74) is 3.18. The third-order valence-corrected chi connectivity index (χ3v) is 5.46. The van der Waals surface area contributed by atoms with Crippen LogP contribution < -0.4 is 4.90 Å². The predicted molar refractivity (Wildman–Crippen MR) is 101 cm³/mol. The lowest BCUT2D eigenvalue weighted by Crippen LogP contribution is -2.43. The van der Waals surface area contributed by atoms with E-state index in [0.717, 1.165) is 36.1 Å². The third-order valence-electron chi connectivity index (χ3n) is 5.46. The van der Waals surface area contributed by atoms with Crippen molar-refractivity contribution < 1.29 is 9.53 Å². The molecule has 2 aliphatic rings. The van der Waals surface area contributed by atoms with Crippen LogP contribution >= 0.6 is 0 Å². The van der Waals surface area contributed by atoms with Gasteiger partial charge in [-0.3, -0.25) is 9.48 Å². The molecule has 8 heteroatoms. The normalized spacial score (nSPS) is 20.3. The number of hydrogen-bond acceptors (Lipinski definition) is 6. The summed E-state index contributed by atoms with van der Waals surface area (Å²) in [5, 5.41) is 4.37. The zero-order chi connectivity index (χ0) is 19.0. The molecule has 0 saturated carbocycles. The highest BCUT2D eigenvalue weighted by atomic mass is 16.5. The number of aromatic nitrogens is 4. The summed E-state index contributed by atoms with van der Waals surface area (Å²) in [7, 11) is 1.86. The summed E-state index contributed by atoms with van der Waals surface area (Å²) in [6.07, 6.45) is 3.92. The van der Waals surface area contributed by atoms with Crippen LogP contribution in [0.15, 0.2) is 12.3 Å². The quantitative estimate of drug-likeness (QED) is 0.818. The van der Waals surface area contributed by atoms with Crippen LogP contribution in [0.4, 0.5) is 5.95 Å². The summed E-state index contributed by atoms with van der Waals surface area (Å²) >= 11 is 0. The fraction of sp³-hybridized carbons (Fsp3) is 0.579. The molecule has 27 heavy (non-hydrogen) atoms. The zero-order valence-corrected chi connectivity index (χ0v) is 16.2. The molecule has 2 aromatic heterocycles. The van der Waals surface area contributed by atoms with Crippen molar-refractivity contribution in [3.05, 3.63) is 34.9 Å². The Morgan fingerprint density at radius 2 is 2.00 bits per heavy atom. The highest BCUT2D eigenvalue weighted by molar-refractivity contribution is 5.96. The van der Waals surface area contributed by atoms with E-state index in [-0.39, 0.29) is 12.0 Å². The van der Waals surface area contributed by atoms with Crippen LogP contribution in [0.25, 0.3) is 0 Å². The Hall–Kier alpha value is -2.48. The number of hydrogen-bond donors (Lipinski definition) is 0. The summed E-state index contributed by atoms with van der Waals surface area (Å²) in [5.74, 6) is 0.774. The van der Waals surface area contributed by atoms with E-state index in [1.54, 1.807) is 10.9 Å². The number of ether oxygens (including phenoxy) is 1. The Kier molecular flexibility index (Phi) is 4.82. The molecule has 0 aliphatic carbocycles. The van der Waals surface area contributed by atoms with E-state index < -0.39 is 0 Å². The van der Waals surface area contributed by atoms with E-state index in [9.17, 15) is 4.79 Å². The lowest BCUT2D eigenvalue weighted by molar-refractivity contribution is -0.0247. The van der Waals surface area contributed by atoms with Crippen LogP contribution in [0.3, 0.4) is 0 Å². The molecule has 8 nitrogen and oxygen atoms in total. The number of anilines is 1. The van der Waals surface area contributed by atoms with Gasteiger partial charge in [-0.05, 0) is 32.8 Å². The summed E-state index contributed by atoms with van der Waals surface area (Å²) in [4.78, 5) is 26.3. The van der Waals surface area contributed by atoms with Crippen molar-refractivity contribution in [3.63, 3.8) is 0 Å². The third kappa shape index (κ3) is 3.41. The number of aryl methyl sites for hydroxylation is 2. The first kappa shape index (κ1) is 17.9. The van der Waals surface area contributed by atoms with E-state index in [1.807, 2.05) is 31.9 Å². The number of carbonyl (C=O) groups excluding carboxylic acids is 1. The molecule has 0 N–H and O–H groups in total. The molecule has 1 atom stereocenters. The second-order valence-electron chi connectivity index (χ2n) is 7.26. The van der Waals surface area contributed by atoms with Gasteiger partial charge in [0, 0.05) is 38.6 Å². The molecular weight excluding hydrogens is 344 g/mol. The van der Waals surface area contributed by atoms with Crippen LogP contribution in [-0.2, 0) is 11.8 Å². The van der Waals surface area contributed by atoms with Crippen molar-refractivity contribution in [3.8, 4) is 0 Å². The molecule has 2 aromatic rings. The first-order chi connectivity index (χ1) is 13.0. The smallest absolute Gasteiger partial charge is 0.257 e. The van der Waals surface area contributed by atoms with Crippen molar-refractivity contribution in [2.75, 3.05) is 37.7 Å². The maximum absolute atomic E-state index is 13.1. The molecule has 4 heterocycles. The number of rotatable bonds is 3. The largest absolute Gasteiger partial charge is 0.368 e. The Labute approximate surface area is 159 Å². The average Bonchev–Trinajstić information content (AvgIpc) is 3.30. The molecule has 0 spiro atoms. The SMILES string of the molecule is Cc1nn(C)c(C)c1C(=O)N1CCOC(c2ccnc(N3CCCC3)n2)C1. The highest BCUT2D eigenvalue weighted by Gasteiger charge is 2.30. The van der Waals surface area contributed by atoms with Gasteiger partial charge in [0.05, 0.1) is 30.1 Å². The first-order valence-electron chi connectivity index (χ1n) is 9.53. The van der Waals surface area contributed by atoms with Crippen LogP contribution in [-0.4, -0.2) is 63.3 Å². The van der Waals surface area contributed by atoms with Gasteiger partial charge < -0.3 is 14.5 Å². The maximum Gasteiger partial charge on any atom is 0.257 e. The molecule has 0 aromatic carbocycles. The molecule has 1 amide bonds. The minimum Gasteiger partial charge on any atom is -0.368 e. The molecule has 1 unspecified atom stereocenters. The van der Waals surface area contributed by atoms with Crippen LogP contribution in [0.2, 0.25) is 0 Å². The van der Waals surface area contributed by atoms with Gasteiger partial charge >= 0.3 is 0 Å². The van der Waals surface area contributed by atoms with Crippen LogP contribution in [0.5, 0.6) is 0 Å². The number of morpholine rings is 1. The molecule has 4 rings (SSSR count). The Morgan fingerprint density at radius 3 is 2.70 bits per heavy atom. The summed E-state index contributed by atoms with van der Waals surface area (Å²) in [6.45, 7) is 7.37. The van der Waals surface area contributed by atoms with Crippen LogP contribution in [0.1, 0.15) is 46.4 Å². The van der Waals surface area contributed by atoms with E-state index in [4.69, 9.17) is 9.72 Å². The van der Waals surface area contributed by atoms with E-state index in [0.29, 0.717) is 25.3 Å². The second kappa shape index (κ2) is 7.26. The topological polar surface area (TPSA) is 76.4 Å². The lowest BCUT2D eigenvalue weighted by atomic mass is 10.1. The van der Waals surface area contributed by atoms with Crippen LogP contribution in [0, 0.1) is 13.8 Å². The zero-order valence-electron chi connectivity index (χ0n) is 16.2. The van der Waals surface area contributed by atoms with Crippen molar-refractivity contribution in [1.82, 2.24) is 24.6 Å². The molecule has 0 bridgehead atoms. The molecule has 144 valence electrons. The second-order valence-corrected chi connectivity index (χ2v) is 7.26. The maximum atomic E-state index is 13.1. The number of nitrogens with zero attached hydrogens (tertiary/aromatic N) is 6. The van der Waals surface area contributed by atoms with Gasteiger partial charge in [0.25, 0.3) is 5.91 Å². The highest BCUT2D eigenvalue weighted by Crippen LogP contribution is 2.25. The molecule has 2 aliphatic heterocycles. The van der Waals surface area contributed by atoms with Gasteiger partial charge in [-0.2, -0.15) is 5.10 Å². The lowest BCUT2D eigenvalue weighted by Gasteiger charge is -2.33. The molecule has 2 saturated heterocycles. The Bertz CT molecular complexity index is 843. The fourth-order valence-corrected chi connectivity index (χ4v) is 3.86. The van der Waals surface area contributed by atoms with Crippen molar-refractivity contribution in [1.29, 1.82) is 0 Å². The van der Waals surface area contributed by atoms with E-state index in [1.165, 1.54) is 12.8 Å². The summed E-state index contributed by atoms with van der Waals surface area (Å²) < 4.78 is 7.70. The Balaban J connectivity index is 1.53. The van der Waals surface area contributed by atoms with Gasteiger partial charge in [-0.25, -0.2) is 9.97 Å².